The number of rotatable bonds is 4. The molecule has 4 nitrogen and oxygen atoms in total. The molecule has 23 heavy (non-hydrogen) atoms. The number of carbonyl (C=O) groups is 2. The first kappa shape index (κ1) is 15.8. The molecule has 122 valence electrons. The van der Waals surface area contributed by atoms with Crippen molar-refractivity contribution in [2.24, 2.45) is 23.7 Å². The van der Waals surface area contributed by atoms with Crippen molar-refractivity contribution in [3.05, 3.63) is 47.0 Å². The Morgan fingerprint density at radius 2 is 1.70 bits per heavy atom. The van der Waals surface area contributed by atoms with Crippen molar-refractivity contribution >= 4 is 11.9 Å². The molecule has 1 aromatic carbocycles. The molecular weight excluding hydrogens is 290 g/mol. The Balaban J connectivity index is 1.79. The summed E-state index contributed by atoms with van der Waals surface area (Å²) in [6.07, 6.45) is 1.75. The Morgan fingerprint density at radius 3 is 2.26 bits per heavy atom. The second-order valence-electron chi connectivity index (χ2n) is 6.82. The van der Waals surface area contributed by atoms with E-state index in [0.29, 0.717) is 6.54 Å². The molecule has 4 atom stereocenters. The van der Waals surface area contributed by atoms with Crippen LogP contribution in [0.2, 0.25) is 0 Å². The highest BCUT2D eigenvalue weighted by atomic mass is 16.4. The number of allylic oxidation sites excluding steroid dienone is 2. The predicted octanol–water partition coefficient (Wildman–Crippen LogP) is 1.66. The molecule has 2 aliphatic carbocycles. The van der Waals surface area contributed by atoms with Crippen LogP contribution in [0, 0.1) is 23.7 Å². The Morgan fingerprint density at radius 1 is 1.09 bits per heavy atom. The molecule has 0 spiro atoms. The van der Waals surface area contributed by atoms with E-state index in [1.54, 1.807) is 0 Å². The second kappa shape index (κ2) is 6.19. The van der Waals surface area contributed by atoms with Crippen molar-refractivity contribution in [3.8, 4) is 0 Å². The van der Waals surface area contributed by atoms with Crippen LogP contribution in [0.25, 0.3) is 0 Å². The summed E-state index contributed by atoms with van der Waals surface area (Å²) in [5, 5.41) is 14.6. The third-order valence-corrected chi connectivity index (χ3v) is 5.30. The number of amides is 1. The molecular formula is C19H22NO3-. The number of hydrogen-bond donors (Lipinski definition) is 1. The Labute approximate surface area is 136 Å². The number of carboxylic acid groups (broad SMARTS) is 1. The van der Waals surface area contributed by atoms with Gasteiger partial charge in [0.2, 0.25) is 5.91 Å². The molecule has 1 amide bonds. The normalized spacial score (nSPS) is 28.7. The number of hydrogen-bond acceptors (Lipinski definition) is 3. The Kier molecular flexibility index (Phi) is 4.24. The zero-order chi connectivity index (χ0) is 16.6. The van der Waals surface area contributed by atoms with Crippen LogP contribution in [0.1, 0.15) is 32.3 Å². The summed E-state index contributed by atoms with van der Waals surface area (Å²) in [4.78, 5) is 24.3. The maximum absolute atomic E-state index is 12.7. The highest BCUT2D eigenvalue weighted by molar-refractivity contribution is 5.87. The summed E-state index contributed by atoms with van der Waals surface area (Å²) < 4.78 is 0. The lowest BCUT2D eigenvalue weighted by Crippen LogP contribution is -2.45. The topological polar surface area (TPSA) is 69.2 Å². The van der Waals surface area contributed by atoms with Crippen molar-refractivity contribution in [1.29, 1.82) is 0 Å². The Hall–Kier alpha value is -2.10. The van der Waals surface area contributed by atoms with Crippen LogP contribution in [-0.2, 0) is 16.1 Å². The summed E-state index contributed by atoms with van der Waals surface area (Å²) in [6, 6.07) is 9.65. The maximum Gasteiger partial charge on any atom is 0.224 e. The van der Waals surface area contributed by atoms with Crippen molar-refractivity contribution < 1.29 is 14.7 Å². The molecule has 2 bridgehead atoms. The number of benzene rings is 1. The van der Waals surface area contributed by atoms with E-state index in [2.05, 4.69) is 5.32 Å². The molecule has 0 aliphatic heterocycles. The average Bonchev–Trinajstić information content (AvgIpc) is 3.09. The van der Waals surface area contributed by atoms with Crippen LogP contribution in [0.15, 0.2) is 41.5 Å². The van der Waals surface area contributed by atoms with Gasteiger partial charge in [0.1, 0.15) is 0 Å². The average molecular weight is 312 g/mol. The van der Waals surface area contributed by atoms with Crippen molar-refractivity contribution in [2.45, 2.75) is 33.2 Å². The summed E-state index contributed by atoms with van der Waals surface area (Å²) in [5.74, 6) is -2.39. The summed E-state index contributed by atoms with van der Waals surface area (Å²) in [6.45, 7) is 4.45. The molecule has 0 aromatic heterocycles. The van der Waals surface area contributed by atoms with Crippen molar-refractivity contribution in [3.63, 3.8) is 0 Å². The lowest BCUT2D eigenvalue weighted by molar-refractivity contribution is -0.314. The van der Waals surface area contributed by atoms with Gasteiger partial charge in [0.25, 0.3) is 0 Å². The van der Waals surface area contributed by atoms with E-state index in [9.17, 15) is 14.7 Å². The van der Waals surface area contributed by atoms with Crippen LogP contribution in [0.3, 0.4) is 0 Å². The van der Waals surface area contributed by atoms with Gasteiger partial charge >= 0.3 is 0 Å². The number of carbonyl (C=O) groups excluding carboxylic acids is 2. The lowest BCUT2D eigenvalue weighted by Gasteiger charge is -2.30. The highest BCUT2D eigenvalue weighted by Gasteiger charge is 2.54. The van der Waals surface area contributed by atoms with Crippen LogP contribution >= 0.6 is 0 Å². The standard InChI is InChI=1S/C19H23NO3/c1-11(2)15-13-8-9-14(15)17(19(22)23)16(13)18(21)20-10-12-6-4-3-5-7-12/h3-7,13-14,16-17H,8-10H2,1-2H3,(H,20,21)(H,22,23)/p-1/t13-,14-,16-,17+/m1/s1. The minimum absolute atomic E-state index is 0.0255. The first-order chi connectivity index (χ1) is 11.0. The van der Waals surface area contributed by atoms with Crippen molar-refractivity contribution in [1.82, 2.24) is 5.32 Å². The molecule has 1 N–H and O–H groups in total. The molecule has 2 fully saturated rings. The van der Waals surface area contributed by atoms with Crippen LogP contribution in [-0.4, -0.2) is 11.9 Å². The lowest BCUT2D eigenvalue weighted by atomic mass is 9.78. The minimum Gasteiger partial charge on any atom is -0.550 e. The third-order valence-electron chi connectivity index (χ3n) is 5.30. The van der Waals surface area contributed by atoms with Crippen LogP contribution in [0.4, 0.5) is 0 Å². The van der Waals surface area contributed by atoms with E-state index < -0.39 is 17.8 Å². The molecule has 0 saturated heterocycles. The van der Waals surface area contributed by atoms with Gasteiger partial charge in [-0.15, -0.1) is 0 Å². The van der Waals surface area contributed by atoms with Gasteiger partial charge in [0.05, 0.1) is 5.92 Å². The van der Waals surface area contributed by atoms with Gasteiger partial charge in [-0.25, -0.2) is 0 Å². The molecule has 3 rings (SSSR count). The maximum atomic E-state index is 12.7. The zero-order valence-electron chi connectivity index (χ0n) is 13.5. The number of carboxylic acids is 1. The largest absolute Gasteiger partial charge is 0.550 e. The zero-order valence-corrected chi connectivity index (χ0v) is 13.5. The third kappa shape index (κ3) is 2.78. The molecule has 0 heterocycles. The van der Waals surface area contributed by atoms with Gasteiger partial charge < -0.3 is 15.2 Å². The highest BCUT2D eigenvalue weighted by Crippen LogP contribution is 2.56. The summed E-state index contributed by atoms with van der Waals surface area (Å²) in [7, 11) is 0. The number of fused-ring (bicyclic) bond motifs is 2. The molecule has 2 saturated carbocycles. The smallest absolute Gasteiger partial charge is 0.224 e. The Bertz CT molecular complexity index is 646. The molecule has 2 aliphatic rings. The van der Waals surface area contributed by atoms with E-state index in [1.807, 2.05) is 44.2 Å². The molecule has 4 heteroatoms. The van der Waals surface area contributed by atoms with Gasteiger partial charge in [-0.1, -0.05) is 41.5 Å². The monoisotopic (exact) mass is 312 g/mol. The SMILES string of the molecule is CC(C)=C1[C@H]2CC[C@H]1[C@@H](C(=O)NCc1ccccc1)[C@H]2C(=O)[O-]. The second-order valence-corrected chi connectivity index (χ2v) is 6.82. The minimum atomic E-state index is -1.09. The predicted molar refractivity (Wildman–Crippen MR) is 84.9 cm³/mol. The number of aliphatic carboxylic acids is 1. The fourth-order valence-corrected chi connectivity index (χ4v) is 4.49. The van der Waals surface area contributed by atoms with Crippen molar-refractivity contribution in [2.75, 3.05) is 0 Å². The quantitative estimate of drug-likeness (QED) is 0.860. The van der Waals surface area contributed by atoms with E-state index >= 15 is 0 Å². The fourth-order valence-electron chi connectivity index (χ4n) is 4.49. The fraction of sp³-hybridized carbons (Fsp3) is 0.474. The first-order valence-corrected chi connectivity index (χ1v) is 8.20. The van der Waals surface area contributed by atoms with Gasteiger partial charge in [-0.3, -0.25) is 4.79 Å². The van der Waals surface area contributed by atoms with E-state index in [4.69, 9.17) is 0 Å². The first-order valence-electron chi connectivity index (χ1n) is 8.20. The number of nitrogens with one attached hydrogen (secondary N) is 1. The van der Waals surface area contributed by atoms with Gasteiger partial charge in [-0.05, 0) is 44.1 Å². The van der Waals surface area contributed by atoms with Gasteiger partial charge in [-0.2, -0.15) is 0 Å². The van der Waals surface area contributed by atoms with Crippen LogP contribution in [0.5, 0.6) is 0 Å². The molecule has 1 aromatic rings. The summed E-state index contributed by atoms with van der Waals surface area (Å²) in [5.41, 5.74) is 3.35. The van der Waals surface area contributed by atoms with Crippen LogP contribution < -0.4 is 10.4 Å². The molecule has 0 unspecified atom stereocenters. The van der Waals surface area contributed by atoms with E-state index in [0.717, 1.165) is 24.0 Å². The van der Waals surface area contributed by atoms with Gasteiger partial charge in [0.15, 0.2) is 0 Å². The van der Waals surface area contributed by atoms with E-state index in [-0.39, 0.29) is 17.7 Å². The molecule has 0 radical (unpaired) electrons. The van der Waals surface area contributed by atoms with E-state index in [1.165, 1.54) is 5.57 Å². The van der Waals surface area contributed by atoms with Gasteiger partial charge in [0, 0.05) is 18.4 Å². The summed E-state index contributed by atoms with van der Waals surface area (Å²) >= 11 is 0.